The summed E-state index contributed by atoms with van der Waals surface area (Å²) in [5.74, 6) is -0.481. The van der Waals surface area contributed by atoms with Crippen molar-refractivity contribution in [1.82, 2.24) is 15.0 Å². The Bertz CT molecular complexity index is 915. The third-order valence-electron chi connectivity index (χ3n) is 4.14. The molecule has 0 bridgehead atoms. The Morgan fingerprint density at radius 3 is 2.78 bits per heavy atom. The van der Waals surface area contributed by atoms with Crippen molar-refractivity contribution in [3.05, 3.63) is 47.4 Å². The van der Waals surface area contributed by atoms with Crippen LogP contribution in [-0.2, 0) is 0 Å². The highest BCUT2D eigenvalue weighted by Crippen LogP contribution is 2.29. The van der Waals surface area contributed by atoms with Gasteiger partial charge in [0.2, 0.25) is 0 Å². The molecule has 0 unspecified atom stereocenters. The zero-order valence-electron chi connectivity index (χ0n) is 12.5. The first kappa shape index (κ1) is 13.9. The van der Waals surface area contributed by atoms with Gasteiger partial charge in [0.15, 0.2) is 0 Å². The molecule has 0 saturated carbocycles. The van der Waals surface area contributed by atoms with Gasteiger partial charge in [0.05, 0.1) is 22.3 Å². The summed E-state index contributed by atoms with van der Waals surface area (Å²) in [4.78, 5) is 18.8. The number of halogens is 1. The monoisotopic (exact) mass is 311 g/mol. The van der Waals surface area contributed by atoms with E-state index >= 15 is 0 Å². The van der Waals surface area contributed by atoms with Crippen LogP contribution in [0.5, 0.6) is 0 Å². The van der Waals surface area contributed by atoms with Gasteiger partial charge >= 0.3 is 0 Å². The van der Waals surface area contributed by atoms with E-state index in [1.807, 2.05) is 0 Å². The Balaban J connectivity index is 1.94. The lowest BCUT2D eigenvalue weighted by Crippen LogP contribution is -2.42. The van der Waals surface area contributed by atoms with Crippen LogP contribution in [0.3, 0.4) is 0 Å². The molecular formula is C17H14FN3O2. The fourth-order valence-corrected chi connectivity index (χ4v) is 2.76. The number of rotatable bonds is 2. The van der Waals surface area contributed by atoms with Crippen molar-refractivity contribution >= 4 is 17.0 Å². The number of likely N-dealkylation sites (tertiary alicyclic amines) is 1. The number of nitrogens with zero attached hydrogens (tertiary/aromatic N) is 3. The molecule has 0 N–H and O–H groups in total. The number of carbonyl (C=O) groups excluding carboxylic acids is 1. The van der Waals surface area contributed by atoms with Crippen molar-refractivity contribution in [2.24, 2.45) is 0 Å². The zero-order valence-corrected chi connectivity index (χ0v) is 12.5. The largest absolute Gasteiger partial charge is 0.338 e. The molecule has 0 spiro atoms. The second-order valence-corrected chi connectivity index (χ2v) is 5.63. The average Bonchev–Trinajstić information content (AvgIpc) is 2.86. The van der Waals surface area contributed by atoms with E-state index in [0.717, 1.165) is 19.5 Å². The molecule has 3 aromatic rings. The quantitative estimate of drug-likeness (QED) is 0.729. The summed E-state index contributed by atoms with van der Waals surface area (Å²) >= 11 is 0. The van der Waals surface area contributed by atoms with Gasteiger partial charge < -0.3 is 9.42 Å². The molecule has 0 radical (unpaired) electrons. The van der Waals surface area contributed by atoms with Gasteiger partial charge in [-0.3, -0.25) is 4.79 Å². The fourth-order valence-electron chi connectivity index (χ4n) is 2.76. The summed E-state index contributed by atoms with van der Waals surface area (Å²) in [7, 11) is 0. The minimum absolute atomic E-state index is 0.0902. The third kappa shape index (κ3) is 2.18. The molecule has 1 amide bonds. The van der Waals surface area contributed by atoms with Gasteiger partial charge in [0.1, 0.15) is 5.82 Å². The number of pyridine rings is 1. The maximum atomic E-state index is 14.1. The summed E-state index contributed by atoms with van der Waals surface area (Å²) in [6, 6.07) is 7.97. The number of aryl methyl sites for hydroxylation is 1. The standard InChI is InChI=1S/C17H14FN3O2/c1-10-15-12(17(22)21-7-4-8-21)9-14(19-16(15)23-20-10)11-5-2-3-6-13(11)18/h2-3,5-6,9H,4,7-8H2,1H3. The molecular weight excluding hydrogens is 297 g/mol. The third-order valence-corrected chi connectivity index (χ3v) is 4.14. The molecule has 0 atom stereocenters. The highest BCUT2D eigenvalue weighted by Gasteiger charge is 2.26. The lowest BCUT2D eigenvalue weighted by atomic mass is 10.0. The van der Waals surface area contributed by atoms with Gasteiger partial charge in [-0.25, -0.2) is 9.37 Å². The topological polar surface area (TPSA) is 59.2 Å². The van der Waals surface area contributed by atoms with Crippen molar-refractivity contribution in [2.75, 3.05) is 13.1 Å². The minimum Gasteiger partial charge on any atom is -0.338 e. The first-order valence-corrected chi connectivity index (χ1v) is 7.46. The van der Waals surface area contributed by atoms with E-state index in [0.29, 0.717) is 27.9 Å². The Morgan fingerprint density at radius 1 is 1.30 bits per heavy atom. The van der Waals surface area contributed by atoms with Crippen molar-refractivity contribution < 1.29 is 13.7 Å². The molecule has 1 saturated heterocycles. The number of benzene rings is 1. The van der Waals surface area contributed by atoms with Gasteiger partial charge in [-0.2, -0.15) is 0 Å². The molecule has 23 heavy (non-hydrogen) atoms. The zero-order chi connectivity index (χ0) is 16.0. The number of carbonyl (C=O) groups is 1. The summed E-state index contributed by atoms with van der Waals surface area (Å²) in [6.45, 7) is 3.24. The first-order valence-electron chi connectivity index (χ1n) is 7.46. The highest BCUT2D eigenvalue weighted by atomic mass is 19.1. The van der Waals surface area contributed by atoms with Crippen LogP contribution < -0.4 is 0 Å². The van der Waals surface area contributed by atoms with Crippen LogP contribution in [0.4, 0.5) is 4.39 Å². The average molecular weight is 311 g/mol. The predicted octanol–water partition coefficient (Wildman–Crippen LogP) is 3.18. The van der Waals surface area contributed by atoms with Crippen LogP contribution in [0, 0.1) is 12.7 Å². The molecule has 6 heteroatoms. The van der Waals surface area contributed by atoms with E-state index in [9.17, 15) is 9.18 Å². The Hall–Kier alpha value is -2.76. The van der Waals surface area contributed by atoms with Crippen molar-refractivity contribution in [3.8, 4) is 11.3 Å². The smallest absolute Gasteiger partial charge is 0.259 e. The van der Waals surface area contributed by atoms with Crippen molar-refractivity contribution in [3.63, 3.8) is 0 Å². The van der Waals surface area contributed by atoms with E-state index in [4.69, 9.17) is 4.52 Å². The lowest BCUT2D eigenvalue weighted by Gasteiger charge is -2.31. The van der Waals surface area contributed by atoms with Gasteiger partial charge in [-0.15, -0.1) is 0 Å². The lowest BCUT2D eigenvalue weighted by molar-refractivity contribution is 0.0654. The second-order valence-electron chi connectivity index (χ2n) is 5.63. The first-order chi connectivity index (χ1) is 11.1. The normalized spacial score (nSPS) is 14.1. The van der Waals surface area contributed by atoms with E-state index in [2.05, 4.69) is 10.1 Å². The van der Waals surface area contributed by atoms with Crippen LogP contribution in [0.15, 0.2) is 34.9 Å². The van der Waals surface area contributed by atoms with Crippen LogP contribution in [-0.4, -0.2) is 34.0 Å². The molecule has 1 aliphatic rings. The van der Waals surface area contributed by atoms with Crippen molar-refractivity contribution in [1.29, 1.82) is 0 Å². The molecule has 3 heterocycles. The van der Waals surface area contributed by atoms with Gasteiger partial charge in [-0.1, -0.05) is 17.3 Å². The van der Waals surface area contributed by atoms with Gasteiger partial charge in [0, 0.05) is 18.7 Å². The molecule has 2 aromatic heterocycles. The van der Waals surface area contributed by atoms with Gasteiger partial charge in [-0.05, 0) is 31.5 Å². The Kier molecular flexibility index (Phi) is 3.11. The second kappa shape index (κ2) is 5.15. The molecule has 1 aromatic carbocycles. The summed E-state index contributed by atoms with van der Waals surface area (Å²) in [5, 5.41) is 4.50. The van der Waals surface area contributed by atoms with Gasteiger partial charge in [0.25, 0.3) is 11.6 Å². The molecule has 5 nitrogen and oxygen atoms in total. The fraction of sp³-hybridized carbons (Fsp3) is 0.235. The van der Waals surface area contributed by atoms with Crippen molar-refractivity contribution in [2.45, 2.75) is 13.3 Å². The Labute approximate surface area is 131 Å². The molecule has 1 fully saturated rings. The molecule has 1 aliphatic heterocycles. The van der Waals surface area contributed by atoms with Crippen LogP contribution in [0.1, 0.15) is 22.5 Å². The molecule has 0 aliphatic carbocycles. The highest BCUT2D eigenvalue weighted by molar-refractivity contribution is 6.07. The Morgan fingerprint density at radius 2 is 2.09 bits per heavy atom. The summed E-state index contributed by atoms with van der Waals surface area (Å²) in [6.07, 6.45) is 1.00. The molecule has 116 valence electrons. The number of amides is 1. The van der Waals surface area contributed by atoms with E-state index < -0.39 is 5.82 Å². The number of hydrogen-bond acceptors (Lipinski definition) is 4. The van der Waals surface area contributed by atoms with Crippen LogP contribution in [0.2, 0.25) is 0 Å². The number of aromatic nitrogens is 2. The maximum Gasteiger partial charge on any atom is 0.259 e. The van der Waals surface area contributed by atoms with Crippen LogP contribution in [0.25, 0.3) is 22.4 Å². The minimum atomic E-state index is -0.391. The van der Waals surface area contributed by atoms with Crippen LogP contribution >= 0.6 is 0 Å². The van der Waals surface area contributed by atoms with E-state index in [1.165, 1.54) is 6.07 Å². The molecule has 4 rings (SSSR count). The summed E-state index contributed by atoms with van der Waals surface area (Å²) < 4.78 is 19.3. The summed E-state index contributed by atoms with van der Waals surface area (Å²) in [5.41, 5.74) is 2.03. The SMILES string of the molecule is Cc1noc2nc(-c3ccccc3F)cc(C(=O)N3CCC3)c12. The van der Waals surface area contributed by atoms with E-state index in [-0.39, 0.29) is 11.6 Å². The number of fused-ring (bicyclic) bond motifs is 1. The van der Waals surface area contributed by atoms with E-state index in [1.54, 1.807) is 36.1 Å². The number of hydrogen-bond donors (Lipinski definition) is 0. The maximum absolute atomic E-state index is 14.1. The predicted molar refractivity (Wildman–Crippen MR) is 82.5 cm³/mol.